The van der Waals surface area contributed by atoms with Crippen LogP contribution in [0.3, 0.4) is 0 Å². The normalized spacial score (nSPS) is 24.9. The first-order chi connectivity index (χ1) is 4.83. The van der Waals surface area contributed by atoms with Gasteiger partial charge < -0.3 is 10.6 Å². The Labute approximate surface area is 61.2 Å². The van der Waals surface area contributed by atoms with Crippen molar-refractivity contribution >= 4 is 5.91 Å². The Morgan fingerprint density at radius 2 is 2.60 bits per heavy atom. The van der Waals surface area contributed by atoms with Gasteiger partial charge >= 0.3 is 0 Å². The summed E-state index contributed by atoms with van der Waals surface area (Å²) in [6, 6.07) is 0.382. The molecule has 0 radical (unpaired) electrons. The fourth-order valence-electron chi connectivity index (χ4n) is 1.15. The minimum Gasteiger partial charge on any atom is -0.352 e. The number of hydrogen-bond donors (Lipinski definition) is 2. The van der Waals surface area contributed by atoms with Crippen molar-refractivity contribution in [3.05, 3.63) is 0 Å². The predicted molar refractivity (Wildman–Crippen MR) is 39.7 cm³/mol. The molecule has 2 N–H and O–H groups in total. The van der Waals surface area contributed by atoms with Crippen LogP contribution in [0.15, 0.2) is 0 Å². The zero-order chi connectivity index (χ0) is 7.40. The Hall–Kier alpha value is -0.570. The molecule has 1 aliphatic heterocycles. The van der Waals surface area contributed by atoms with E-state index in [2.05, 4.69) is 17.6 Å². The Kier molecular flexibility index (Phi) is 2.68. The van der Waals surface area contributed by atoms with Crippen molar-refractivity contribution in [3.8, 4) is 0 Å². The molecule has 3 heteroatoms. The first kappa shape index (κ1) is 7.54. The molecule has 1 atom stereocenters. The first-order valence-corrected chi connectivity index (χ1v) is 3.83. The molecule has 10 heavy (non-hydrogen) atoms. The van der Waals surface area contributed by atoms with Crippen molar-refractivity contribution in [1.29, 1.82) is 0 Å². The van der Waals surface area contributed by atoms with Gasteiger partial charge in [-0.25, -0.2) is 0 Å². The third-order valence-corrected chi connectivity index (χ3v) is 1.73. The summed E-state index contributed by atoms with van der Waals surface area (Å²) < 4.78 is 0. The lowest BCUT2D eigenvalue weighted by molar-refractivity contribution is -0.119. The van der Waals surface area contributed by atoms with Crippen LogP contribution in [0.2, 0.25) is 0 Å². The number of amides is 1. The second-order valence-electron chi connectivity index (χ2n) is 2.61. The van der Waals surface area contributed by atoms with E-state index in [1.807, 2.05) is 0 Å². The molecule has 1 rings (SSSR count). The van der Waals surface area contributed by atoms with Crippen LogP contribution >= 0.6 is 0 Å². The van der Waals surface area contributed by atoms with Gasteiger partial charge in [-0.1, -0.05) is 6.92 Å². The van der Waals surface area contributed by atoms with Gasteiger partial charge in [0.1, 0.15) is 0 Å². The number of carbonyl (C=O) groups excluding carboxylic acids is 1. The maximum absolute atomic E-state index is 10.7. The Bertz CT molecular complexity index is 125. The summed E-state index contributed by atoms with van der Waals surface area (Å²) in [5, 5.41) is 6.08. The summed E-state index contributed by atoms with van der Waals surface area (Å²) in [7, 11) is 0. The van der Waals surface area contributed by atoms with E-state index in [1.165, 1.54) is 0 Å². The minimum atomic E-state index is 0.197. The average molecular weight is 142 g/mol. The van der Waals surface area contributed by atoms with Crippen molar-refractivity contribution in [2.75, 3.05) is 13.1 Å². The Balaban J connectivity index is 2.12. The predicted octanol–water partition coefficient (Wildman–Crippen LogP) is -0.126. The highest BCUT2D eigenvalue weighted by molar-refractivity contribution is 5.78. The molecule has 58 valence electrons. The molecule has 0 unspecified atom stereocenters. The van der Waals surface area contributed by atoms with Crippen LogP contribution in [0.1, 0.15) is 19.8 Å². The van der Waals surface area contributed by atoms with E-state index < -0.39 is 0 Å². The van der Waals surface area contributed by atoms with Gasteiger partial charge in [-0.2, -0.15) is 0 Å². The van der Waals surface area contributed by atoms with Gasteiger partial charge in [0.15, 0.2) is 0 Å². The fraction of sp³-hybridized carbons (Fsp3) is 0.857. The van der Waals surface area contributed by atoms with Gasteiger partial charge in [0.25, 0.3) is 0 Å². The minimum absolute atomic E-state index is 0.197. The summed E-state index contributed by atoms with van der Waals surface area (Å²) in [6.07, 6.45) is 1.70. The lowest BCUT2D eigenvalue weighted by Gasteiger charge is -2.08. The van der Waals surface area contributed by atoms with E-state index in [0.717, 1.165) is 19.5 Å². The van der Waals surface area contributed by atoms with Crippen molar-refractivity contribution in [1.82, 2.24) is 10.6 Å². The van der Waals surface area contributed by atoms with Gasteiger partial charge in [-0.05, 0) is 13.0 Å². The maximum atomic E-state index is 10.7. The fourth-order valence-corrected chi connectivity index (χ4v) is 1.15. The SMILES string of the molecule is CCNC[C@@H]1CCC(=O)N1. The smallest absolute Gasteiger partial charge is 0.220 e. The van der Waals surface area contributed by atoms with Crippen molar-refractivity contribution < 1.29 is 4.79 Å². The topological polar surface area (TPSA) is 41.1 Å². The molecule has 3 nitrogen and oxygen atoms in total. The van der Waals surface area contributed by atoms with Gasteiger partial charge in [0.2, 0.25) is 5.91 Å². The maximum Gasteiger partial charge on any atom is 0.220 e. The molecule has 0 aromatic carbocycles. The van der Waals surface area contributed by atoms with Gasteiger partial charge in [0, 0.05) is 19.0 Å². The number of rotatable bonds is 3. The van der Waals surface area contributed by atoms with Gasteiger partial charge in [-0.3, -0.25) is 4.79 Å². The second kappa shape index (κ2) is 3.56. The molecule has 0 aromatic rings. The molecule has 0 saturated carbocycles. The van der Waals surface area contributed by atoms with Crippen molar-refractivity contribution in [2.24, 2.45) is 0 Å². The van der Waals surface area contributed by atoms with Crippen LogP contribution in [0.4, 0.5) is 0 Å². The molecular weight excluding hydrogens is 128 g/mol. The van der Waals surface area contributed by atoms with E-state index in [9.17, 15) is 4.79 Å². The van der Waals surface area contributed by atoms with E-state index in [-0.39, 0.29) is 5.91 Å². The molecule has 1 saturated heterocycles. The average Bonchev–Trinajstić information content (AvgIpc) is 2.31. The number of hydrogen-bond acceptors (Lipinski definition) is 2. The molecule has 0 bridgehead atoms. The lowest BCUT2D eigenvalue weighted by Crippen LogP contribution is -2.35. The Morgan fingerprint density at radius 1 is 1.80 bits per heavy atom. The number of carbonyl (C=O) groups is 1. The van der Waals surface area contributed by atoms with Crippen LogP contribution in [-0.4, -0.2) is 25.0 Å². The van der Waals surface area contributed by atoms with Crippen LogP contribution in [0.5, 0.6) is 0 Å². The molecule has 1 heterocycles. The monoisotopic (exact) mass is 142 g/mol. The molecule has 0 spiro atoms. The van der Waals surface area contributed by atoms with Gasteiger partial charge in [0.05, 0.1) is 0 Å². The highest BCUT2D eigenvalue weighted by Gasteiger charge is 2.19. The van der Waals surface area contributed by atoms with Crippen LogP contribution in [0.25, 0.3) is 0 Å². The van der Waals surface area contributed by atoms with Crippen molar-refractivity contribution in [3.63, 3.8) is 0 Å². The zero-order valence-corrected chi connectivity index (χ0v) is 6.31. The van der Waals surface area contributed by atoms with Gasteiger partial charge in [-0.15, -0.1) is 0 Å². The van der Waals surface area contributed by atoms with Crippen LogP contribution in [0, 0.1) is 0 Å². The van der Waals surface area contributed by atoms with Crippen LogP contribution < -0.4 is 10.6 Å². The largest absolute Gasteiger partial charge is 0.352 e. The summed E-state index contributed by atoms with van der Waals surface area (Å²) >= 11 is 0. The molecular formula is C7H14N2O. The molecule has 1 fully saturated rings. The first-order valence-electron chi connectivity index (χ1n) is 3.83. The number of likely N-dealkylation sites (N-methyl/N-ethyl adjacent to an activating group) is 1. The highest BCUT2D eigenvalue weighted by Crippen LogP contribution is 2.04. The van der Waals surface area contributed by atoms with E-state index >= 15 is 0 Å². The molecule has 1 aliphatic rings. The third-order valence-electron chi connectivity index (χ3n) is 1.73. The molecule has 1 amide bonds. The second-order valence-corrected chi connectivity index (χ2v) is 2.61. The molecule has 0 aliphatic carbocycles. The zero-order valence-electron chi connectivity index (χ0n) is 6.31. The van der Waals surface area contributed by atoms with Crippen LogP contribution in [-0.2, 0) is 4.79 Å². The Morgan fingerprint density at radius 3 is 3.10 bits per heavy atom. The van der Waals surface area contributed by atoms with E-state index in [4.69, 9.17) is 0 Å². The summed E-state index contributed by atoms with van der Waals surface area (Å²) in [6.45, 7) is 3.96. The lowest BCUT2D eigenvalue weighted by atomic mass is 10.2. The third kappa shape index (κ3) is 1.99. The highest BCUT2D eigenvalue weighted by atomic mass is 16.1. The summed E-state index contributed by atoms with van der Waals surface area (Å²) in [4.78, 5) is 10.7. The summed E-state index contributed by atoms with van der Waals surface area (Å²) in [5.41, 5.74) is 0. The number of nitrogens with one attached hydrogen (secondary N) is 2. The quantitative estimate of drug-likeness (QED) is 0.576. The summed E-state index contributed by atoms with van der Waals surface area (Å²) in [5.74, 6) is 0.197. The van der Waals surface area contributed by atoms with Crippen molar-refractivity contribution in [2.45, 2.75) is 25.8 Å². The standard InChI is InChI=1S/C7H14N2O/c1-2-8-5-6-3-4-7(10)9-6/h6,8H,2-5H2,1H3,(H,9,10)/t6-/m0/s1. The molecule has 0 aromatic heterocycles. The van der Waals surface area contributed by atoms with E-state index in [1.54, 1.807) is 0 Å². The van der Waals surface area contributed by atoms with E-state index in [0.29, 0.717) is 12.5 Å².